The van der Waals surface area contributed by atoms with Crippen LogP contribution in [0.3, 0.4) is 0 Å². The van der Waals surface area contributed by atoms with Crippen LogP contribution in [0.1, 0.15) is 12.5 Å². The zero-order valence-corrected chi connectivity index (χ0v) is 13.3. The van der Waals surface area contributed by atoms with E-state index in [1.54, 1.807) is 0 Å². The van der Waals surface area contributed by atoms with Gasteiger partial charge in [0.05, 0.1) is 6.61 Å². The second kappa shape index (κ2) is 7.86. The van der Waals surface area contributed by atoms with Gasteiger partial charge in [-0.3, -0.25) is 0 Å². The SMILES string of the molecule is CCOc1ccccc1CNC(=S)Nc1ccc(Cl)cc1. The smallest absolute Gasteiger partial charge is 0.171 e. The summed E-state index contributed by atoms with van der Waals surface area (Å²) < 4.78 is 5.58. The van der Waals surface area contributed by atoms with E-state index in [0.29, 0.717) is 23.3 Å². The van der Waals surface area contributed by atoms with Crippen LogP contribution in [0.25, 0.3) is 0 Å². The van der Waals surface area contributed by atoms with Crippen molar-refractivity contribution in [3.63, 3.8) is 0 Å². The van der Waals surface area contributed by atoms with Crippen molar-refractivity contribution in [2.45, 2.75) is 13.5 Å². The summed E-state index contributed by atoms with van der Waals surface area (Å²) in [6.07, 6.45) is 0. The number of nitrogens with one attached hydrogen (secondary N) is 2. The first-order valence-corrected chi connectivity index (χ1v) is 7.49. The fourth-order valence-electron chi connectivity index (χ4n) is 1.83. The molecular weight excluding hydrogens is 304 g/mol. The van der Waals surface area contributed by atoms with Crippen LogP contribution < -0.4 is 15.4 Å². The summed E-state index contributed by atoms with van der Waals surface area (Å²) >= 11 is 11.1. The first kappa shape index (κ1) is 15.6. The predicted octanol–water partition coefficient (Wildman–Crippen LogP) is 4.23. The molecule has 0 aliphatic heterocycles. The molecule has 0 amide bonds. The van der Waals surface area contributed by atoms with Gasteiger partial charge in [0.25, 0.3) is 0 Å². The third-order valence-corrected chi connectivity index (χ3v) is 3.31. The van der Waals surface area contributed by atoms with Crippen LogP contribution in [0.15, 0.2) is 48.5 Å². The quantitative estimate of drug-likeness (QED) is 0.808. The number of rotatable bonds is 5. The lowest BCUT2D eigenvalue weighted by Gasteiger charge is -2.13. The third-order valence-electron chi connectivity index (χ3n) is 2.81. The molecule has 0 aromatic heterocycles. The summed E-state index contributed by atoms with van der Waals surface area (Å²) in [5.41, 5.74) is 1.97. The molecule has 0 saturated heterocycles. The van der Waals surface area contributed by atoms with E-state index < -0.39 is 0 Å². The molecule has 0 spiro atoms. The summed E-state index contributed by atoms with van der Waals surface area (Å²) in [5, 5.41) is 7.54. The van der Waals surface area contributed by atoms with Gasteiger partial charge < -0.3 is 15.4 Å². The minimum Gasteiger partial charge on any atom is -0.494 e. The molecule has 0 aliphatic carbocycles. The van der Waals surface area contributed by atoms with Gasteiger partial charge >= 0.3 is 0 Å². The van der Waals surface area contributed by atoms with E-state index in [0.717, 1.165) is 17.0 Å². The summed E-state index contributed by atoms with van der Waals surface area (Å²) in [6.45, 7) is 3.22. The summed E-state index contributed by atoms with van der Waals surface area (Å²) in [5.74, 6) is 0.877. The van der Waals surface area contributed by atoms with Crippen molar-refractivity contribution >= 4 is 34.6 Å². The molecule has 0 bridgehead atoms. The van der Waals surface area contributed by atoms with Crippen LogP contribution in [0, 0.1) is 0 Å². The maximum atomic E-state index is 5.85. The highest BCUT2D eigenvalue weighted by atomic mass is 35.5. The average Bonchev–Trinajstić information content (AvgIpc) is 2.49. The van der Waals surface area contributed by atoms with E-state index in [1.165, 1.54) is 0 Å². The molecule has 0 fully saturated rings. The Hall–Kier alpha value is -1.78. The van der Waals surface area contributed by atoms with Crippen LogP contribution in [0.2, 0.25) is 5.02 Å². The van der Waals surface area contributed by atoms with Crippen molar-refractivity contribution in [3.05, 3.63) is 59.1 Å². The van der Waals surface area contributed by atoms with E-state index in [1.807, 2.05) is 55.5 Å². The van der Waals surface area contributed by atoms with Crippen molar-refractivity contribution in [2.75, 3.05) is 11.9 Å². The van der Waals surface area contributed by atoms with Gasteiger partial charge in [0, 0.05) is 22.8 Å². The third kappa shape index (κ3) is 4.92. The van der Waals surface area contributed by atoms with E-state index in [4.69, 9.17) is 28.6 Å². The van der Waals surface area contributed by atoms with Crippen molar-refractivity contribution in [3.8, 4) is 5.75 Å². The van der Waals surface area contributed by atoms with E-state index in [2.05, 4.69) is 10.6 Å². The Morgan fingerprint density at radius 2 is 1.86 bits per heavy atom. The lowest BCUT2D eigenvalue weighted by molar-refractivity contribution is 0.336. The second-order valence-corrected chi connectivity index (χ2v) is 5.20. The van der Waals surface area contributed by atoms with Crippen molar-refractivity contribution in [1.82, 2.24) is 5.32 Å². The number of benzene rings is 2. The average molecular weight is 321 g/mol. The molecule has 21 heavy (non-hydrogen) atoms. The van der Waals surface area contributed by atoms with Gasteiger partial charge in [-0.1, -0.05) is 29.8 Å². The normalized spacial score (nSPS) is 10.0. The van der Waals surface area contributed by atoms with Crippen LogP contribution in [-0.4, -0.2) is 11.7 Å². The van der Waals surface area contributed by atoms with Gasteiger partial charge in [0.1, 0.15) is 5.75 Å². The molecule has 110 valence electrons. The Labute approximate surface area is 135 Å². The molecule has 0 aliphatic rings. The van der Waals surface area contributed by atoms with Gasteiger partial charge in [-0.2, -0.15) is 0 Å². The molecule has 5 heteroatoms. The topological polar surface area (TPSA) is 33.3 Å². The Morgan fingerprint density at radius 3 is 2.57 bits per heavy atom. The zero-order valence-electron chi connectivity index (χ0n) is 11.7. The number of hydrogen-bond acceptors (Lipinski definition) is 2. The molecule has 0 radical (unpaired) electrons. The van der Waals surface area contributed by atoms with Crippen molar-refractivity contribution in [1.29, 1.82) is 0 Å². The number of halogens is 1. The summed E-state index contributed by atoms with van der Waals surface area (Å²) in [6, 6.07) is 15.3. The molecule has 0 heterocycles. The van der Waals surface area contributed by atoms with Gasteiger partial charge in [0.2, 0.25) is 0 Å². The molecule has 2 aromatic carbocycles. The first-order chi connectivity index (χ1) is 10.2. The standard InChI is InChI=1S/C16H17ClN2OS/c1-2-20-15-6-4-3-5-12(15)11-18-16(21)19-14-9-7-13(17)8-10-14/h3-10H,2,11H2,1H3,(H2,18,19,21). The molecule has 2 aromatic rings. The lowest BCUT2D eigenvalue weighted by atomic mass is 10.2. The number of thiocarbonyl (C=S) groups is 1. The van der Waals surface area contributed by atoms with Crippen LogP contribution in [0.5, 0.6) is 5.75 Å². The molecule has 2 rings (SSSR count). The molecule has 0 saturated carbocycles. The van der Waals surface area contributed by atoms with Crippen LogP contribution >= 0.6 is 23.8 Å². The Balaban J connectivity index is 1.90. The maximum absolute atomic E-state index is 5.85. The van der Waals surface area contributed by atoms with Gasteiger partial charge in [-0.05, 0) is 49.5 Å². The Morgan fingerprint density at radius 1 is 1.14 bits per heavy atom. The molecule has 0 atom stereocenters. The van der Waals surface area contributed by atoms with Crippen LogP contribution in [0.4, 0.5) is 5.69 Å². The second-order valence-electron chi connectivity index (χ2n) is 4.36. The van der Waals surface area contributed by atoms with Crippen LogP contribution in [-0.2, 0) is 6.54 Å². The molecule has 2 N–H and O–H groups in total. The first-order valence-electron chi connectivity index (χ1n) is 6.70. The minimum absolute atomic E-state index is 0.559. The lowest BCUT2D eigenvalue weighted by Crippen LogP contribution is -2.28. The largest absolute Gasteiger partial charge is 0.494 e. The highest BCUT2D eigenvalue weighted by Gasteiger charge is 2.03. The Kier molecular flexibility index (Phi) is 5.84. The molecule has 3 nitrogen and oxygen atoms in total. The fraction of sp³-hybridized carbons (Fsp3) is 0.188. The number of ether oxygens (including phenoxy) is 1. The number of para-hydroxylation sites is 1. The summed E-state index contributed by atoms with van der Waals surface area (Å²) in [4.78, 5) is 0. The van der Waals surface area contributed by atoms with Gasteiger partial charge in [-0.25, -0.2) is 0 Å². The molecular formula is C16H17ClN2OS. The minimum atomic E-state index is 0.559. The van der Waals surface area contributed by atoms with E-state index in [9.17, 15) is 0 Å². The monoisotopic (exact) mass is 320 g/mol. The number of hydrogen-bond donors (Lipinski definition) is 2. The Bertz CT molecular complexity index is 601. The number of anilines is 1. The summed E-state index contributed by atoms with van der Waals surface area (Å²) in [7, 11) is 0. The molecule has 0 unspecified atom stereocenters. The predicted molar refractivity (Wildman–Crippen MR) is 92.1 cm³/mol. The van der Waals surface area contributed by atoms with E-state index >= 15 is 0 Å². The van der Waals surface area contributed by atoms with Crippen molar-refractivity contribution in [2.24, 2.45) is 0 Å². The van der Waals surface area contributed by atoms with Crippen molar-refractivity contribution < 1.29 is 4.74 Å². The maximum Gasteiger partial charge on any atom is 0.171 e. The van der Waals surface area contributed by atoms with Gasteiger partial charge in [-0.15, -0.1) is 0 Å². The van der Waals surface area contributed by atoms with Gasteiger partial charge in [0.15, 0.2) is 5.11 Å². The highest BCUT2D eigenvalue weighted by Crippen LogP contribution is 2.18. The highest BCUT2D eigenvalue weighted by molar-refractivity contribution is 7.80. The zero-order chi connectivity index (χ0) is 15.1. The van der Waals surface area contributed by atoms with E-state index in [-0.39, 0.29) is 0 Å². The fourth-order valence-corrected chi connectivity index (χ4v) is 2.15.